The van der Waals surface area contributed by atoms with Crippen molar-refractivity contribution in [1.82, 2.24) is 29.9 Å². The van der Waals surface area contributed by atoms with Crippen molar-refractivity contribution in [3.05, 3.63) is 59.6 Å². The molecule has 0 atom stereocenters. The summed E-state index contributed by atoms with van der Waals surface area (Å²) in [5, 5.41) is 8.72. The summed E-state index contributed by atoms with van der Waals surface area (Å²) in [4.78, 5) is 12.8. The molecule has 25 heavy (non-hydrogen) atoms. The number of ether oxygens (including phenoxy) is 1. The fraction of sp³-hybridized carbons (Fsp3) is 0.118. The van der Waals surface area contributed by atoms with Gasteiger partial charge in [0, 0.05) is 24.2 Å². The molecule has 3 aromatic heterocycles. The number of methoxy groups -OCH3 is 1. The zero-order valence-electron chi connectivity index (χ0n) is 13.3. The van der Waals surface area contributed by atoms with Crippen molar-refractivity contribution in [2.75, 3.05) is 7.11 Å². The second-order valence-electron chi connectivity index (χ2n) is 5.36. The Hall–Kier alpha value is -3.06. The SMILES string of the molecule is COc1ccc(Cn2nnc3cc(-c4nccnc4Cl)cnc32)cc1. The van der Waals surface area contributed by atoms with E-state index in [9.17, 15) is 0 Å². The van der Waals surface area contributed by atoms with E-state index in [1.54, 1.807) is 30.4 Å². The van der Waals surface area contributed by atoms with Crippen LogP contribution in [-0.4, -0.2) is 37.1 Å². The summed E-state index contributed by atoms with van der Waals surface area (Å²) in [6.45, 7) is 0.568. The van der Waals surface area contributed by atoms with Crippen molar-refractivity contribution in [3.8, 4) is 17.0 Å². The van der Waals surface area contributed by atoms with Gasteiger partial charge in [-0.2, -0.15) is 0 Å². The normalized spacial score (nSPS) is 11.0. The second-order valence-corrected chi connectivity index (χ2v) is 5.72. The number of aromatic nitrogens is 6. The number of pyridine rings is 1. The Balaban J connectivity index is 1.67. The van der Waals surface area contributed by atoms with Crippen LogP contribution in [0.3, 0.4) is 0 Å². The molecule has 7 nitrogen and oxygen atoms in total. The van der Waals surface area contributed by atoms with Crippen molar-refractivity contribution in [2.45, 2.75) is 6.54 Å². The third-order valence-electron chi connectivity index (χ3n) is 3.77. The summed E-state index contributed by atoms with van der Waals surface area (Å²) < 4.78 is 6.92. The van der Waals surface area contributed by atoms with Gasteiger partial charge >= 0.3 is 0 Å². The second kappa shape index (κ2) is 6.45. The fourth-order valence-electron chi connectivity index (χ4n) is 2.52. The molecular weight excluding hydrogens is 340 g/mol. The van der Waals surface area contributed by atoms with E-state index >= 15 is 0 Å². The number of hydrogen-bond donors (Lipinski definition) is 0. The van der Waals surface area contributed by atoms with Gasteiger partial charge < -0.3 is 4.74 Å². The Bertz CT molecular complexity index is 1030. The van der Waals surface area contributed by atoms with Crippen molar-refractivity contribution in [1.29, 1.82) is 0 Å². The van der Waals surface area contributed by atoms with Crippen molar-refractivity contribution >= 4 is 22.8 Å². The van der Waals surface area contributed by atoms with E-state index in [4.69, 9.17) is 16.3 Å². The van der Waals surface area contributed by atoms with Crippen LogP contribution in [0, 0.1) is 0 Å². The lowest BCUT2D eigenvalue weighted by molar-refractivity contribution is 0.414. The zero-order chi connectivity index (χ0) is 17.2. The largest absolute Gasteiger partial charge is 0.497 e. The third kappa shape index (κ3) is 3.01. The van der Waals surface area contributed by atoms with Gasteiger partial charge in [-0.15, -0.1) is 5.10 Å². The maximum Gasteiger partial charge on any atom is 0.178 e. The van der Waals surface area contributed by atoms with Crippen LogP contribution < -0.4 is 4.74 Å². The molecule has 0 aliphatic rings. The molecule has 124 valence electrons. The number of benzene rings is 1. The van der Waals surface area contributed by atoms with Crippen LogP contribution in [-0.2, 0) is 6.54 Å². The number of halogens is 1. The van der Waals surface area contributed by atoms with Crippen molar-refractivity contribution in [3.63, 3.8) is 0 Å². The van der Waals surface area contributed by atoms with Crippen LogP contribution in [0.5, 0.6) is 5.75 Å². The molecule has 4 aromatic rings. The van der Waals surface area contributed by atoms with Gasteiger partial charge in [0.25, 0.3) is 0 Å². The first-order chi connectivity index (χ1) is 12.2. The first-order valence-corrected chi connectivity index (χ1v) is 7.91. The molecule has 0 fully saturated rings. The maximum absolute atomic E-state index is 6.09. The summed E-state index contributed by atoms with van der Waals surface area (Å²) in [5.41, 5.74) is 3.77. The highest BCUT2D eigenvalue weighted by molar-refractivity contribution is 6.31. The Labute approximate surface area is 148 Å². The average Bonchev–Trinajstić information content (AvgIpc) is 3.05. The lowest BCUT2D eigenvalue weighted by Crippen LogP contribution is -2.03. The Morgan fingerprint density at radius 1 is 1.08 bits per heavy atom. The molecular formula is C17H13ClN6O. The van der Waals surface area contributed by atoms with Crippen molar-refractivity contribution in [2.24, 2.45) is 0 Å². The molecule has 0 saturated heterocycles. The molecule has 8 heteroatoms. The van der Waals surface area contributed by atoms with E-state index < -0.39 is 0 Å². The highest BCUT2D eigenvalue weighted by Gasteiger charge is 2.11. The van der Waals surface area contributed by atoms with E-state index in [1.807, 2.05) is 30.3 Å². The topological polar surface area (TPSA) is 78.6 Å². The molecule has 3 heterocycles. The average molecular weight is 353 g/mol. The van der Waals surface area contributed by atoms with Gasteiger partial charge in [-0.3, -0.25) is 4.98 Å². The molecule has 0 radical (unpaired) electrons. The lowest BCUT2D eigenvalue weighted by atomic mass is 10.2. The quantitative estimate of drug-likeness (QED) is 0.561. The highest BCUT2D eigenvalue weighted by atomic mass is 35.5. The zero-order valence-corrected chi connectivity index (χ0v) is 14.1. The molecule has 0 aliphatic carbocycles. The first-order valence-electron chi connectivity index (χ1n) is 7.53. The molecule has 0 bridgehead atoms. The molecule has 0 aliphatic heterocycles. The summed E-state index contributed by atoms with van der Waals surface area (Å²) in [7, 11) is 1.64. The first kappa shape index (κ1) is 15.5. The summed E-state index contributed by atoms with van der Waals surface area (Å²) in [5.74, 6) is 0.816. The summed E-state index contributed by atoms with van der Waals surface area (Å²) in [6.07, 6.45) is 4.83. The molecule has 0 spiro atoms. The minimum Gasteiger partial charge on any atom is -0.497 e. The van der Waals surface area contributed by atoms with E-state index in [0.29, 0.717) is 28.6 Å². The van der Waals surface area contributed by atoms with Gasteiger partial charge in [0.2, 0.25) is 0 Å². The predicted octanol–water partition coefficient (Wildman–Crippen LogP) is 2.99. The standard InChI is InChI=1S/C17H13ClN6O/c1-25-13-4-2-11(3-5-13)10-24-17-14(22-23-24)8-12(9-21-17)15-16(18)20-7-6-19-15/h2-9H,10H2,1H3. The minimum atomic E-state index is 0.328. The van der Waals surface area contributed by atoms with Gasteiger partial charge in [-0.05, 0) is 23.8 Å². The van der Waals surface area contributed by atoms with Crippen LogP contribution in [0.25, 0.3) is 22.4 Å². The molecule has 0 amide bonds. The van der Waals surface area contributed by atoms with Crippen LogP contribution >= 0.6 is 11.6 Å². The Kier molecular flexibility index (Phi) is 3.99. The van der Waals surface area contributed by atoms with Gasteiger partial charge in [-0.1, -0.05) is 28.9 Å². The van der Waals surface area contributed by atoms with E-state index in [1.165, 1.54) is 0 Å². The number of fused-ring (bicyclic) bond motifs is 1. The summed E-state index contributed by atoms with van der Waals surface area (Å²) in [6, 6.07) is 9.65. The van der Waals surface area contributed by atoms with Gasteiger partial charge in [-0.25, -0.2) is 14.6 Å². The molecule has 0 saturated carbocycles. The molecule has 0 unspecified atom stereocenters. The Morgan fingerprint density at radius 2 is 1.88 bits per heavy atom. The molecule has 1 aromatic carbocycles. The van der Waals surface area contributed by atoms with E-state index in [2.05, 4.69) is 25.3 Å². The van der Waals surface area contributed by atoms with Gasteiger partial charge in [0.1, 0.15) is 17.0 Å². The van der Waals surface area contributed by atoms with Crippen LogP contribution in [0.15, 0.2) is 48.9 Å². The fourth-order valence-corrected chi connectivity index (χ4v) is 2.73. The van der Waals surface area contributed by atoms with Crippen LogP contribution in [0.1, 0.15) is 5.56 Å². The van der Waals surface area contributed by atoms with Crippen molar-refractivity contribution < 1.29 is 4.74 Å². The summed E-state index contributed by atoms with van der Waals surface area (Å²) >= 11 is 6.09. The third-order valence-corrected chi connectivity index (χ3v) is 4.05. The van der Waals surface area contributed by atoms with Crippen LogP contribution in [0.4, 0.5) is 0 Å². The Morgan fingerprint density at radius 3 is 2.64 bits per heavy atom. The molecule has 0 N–H and O–H groups in total. The van der Waals surface area contributed by atoms with E-state index in [0.717, 1.165) is 16.9 Å². The smallest absolute Gasteiger partial charge is 0.178 e. The highest BCUT2D eigenvalue weighted by Crippen LogP contribution is 2.25. The maximum atomic E-state index is 6.09. The number of hydrogen-bond acceptors (Lipinski definition) is 6. The number of nitrogens with zero attached hydrogens (tertiary/aromatic N) is 6. The van der Waals surface area contributed by atoms with Gasteiger partial charge in [0.15, 0.2) is 10.8 Å². The predicted molar refractivity (Wildman–Crippen MR) is 93.5 cm³/mol. The monoisotopic (exact) mass is 352 g/mol. The van der Waals surface area contributed by atoms with Gasteiger partial charge in [0.05, 0.1) is 13.7 Å². The van der Waals surface area contributed by atoms with Crippen LogP contribution in [0.2, 0.25) is 5.15 Å². The number of rotatable bonds is 4. The minimum absolute atomic E-state index is 0.328. The lowest BCUT2D eigenvalue weighted by Gasteiger charge is -2.05. The molecule has 4 rings (SSSR count). The van der Waals surface area contributed by atoms with E-state index in [-0.39, 0.29) is 0 Å².